The Kier molecular flexibility index (Phi) is 4.61. The molecule has 2 rings (SSSR count). The van der Waals surface area contributed by atoms with Crippen LogP contribution in [0.5, 0.6) is 0 Å². The molecule has 0 saturated heterocycles. The van der Waals surface area contributed by atoms with Crippen molar-refractivity contribution in [3.63, 3.8) is 0 Å². The van der Waals surface area contributed by atoms with Gasteiger partial charge in [-0.2, -0.15) is 11.3 Å². The number of hydrogen-bond donors (Lipinski definition) is 2. The van der Waals surface area contributed by atoms with E-state index in [0.717, 1.165) is 28.5 Å². The highest BCUT2D eigenvalue weighted by Crippen LogP contribution is 2.36. The fourth-order valence-electron chi connectivity index (χ4n) is 1.62. The molecule has 0 aromatic carbocycles. The molecule has 0 fully saturated rings. The third kappa shape index (κ3) is 3.40. The molecule has 0 saturated carbocycles. The van der Waals surface area contributed by atoms with Gasteiger partial charge in [-0.05, 0) is 28.8 Å². The quantitative estimate of drug-likeness (QED) is 0.618. The highest BCUT2D eigenvalue weighted by Gasteiger charge is 2.25. The molecular weight excluding hydrogens is 334 g/mol. The molecule has 0 spiro atoms. The van der Waals surface area contributed by atoms with Crippen molar-refractivity contribution in [2.75, 3.05) is 12.4 Å². The third-order valence-electron chi connectivity index (χ3n) is 2.79. The van der Waals surface area contributed by atoms with Crippen LogP contribution in [0.1, 0.15) is 11.1 Å². The first-order chi connectivity index (χ1) is 9.85. The lowest BCUT2D eigenvalue weighted by molar-refractivity contribution is -0.383. The van der Waals surface area contributed by atoms with Crippen LogP contribution in [0.25, 0.3) is 0 Å². The smallest absolute Gasteiger partial charge is 0.304 e. The third-order valence-corrected chi connectivity index (χ3v) is 6.72. The number of rotatable bonds is 6. The van der Waals surface area contributed by atoms with Gasteiger partial charge >= 0.3 is 5.69 Å². The van der Waals surface area contributed by atoms with Gasteiger partial charge in [-0.25, -0.2) is 13.1 Å². The van der Waals surface area contributed by atoms with Crippen LogP contribution in [0.3, 0.4) is 0 Å². The van der Waals surface area contributed by atoms with Crippen molar-refractivity contribution in [1.82, 2.24) is 4.72 Å². The molecule has 0 unspecified atom stereocenters. The van der Waals surface area contributed by atoms with Crippen molar-refractivity contribution in [3.8, 4) is 0 Å². The fraction of sp³-hybridized carbons (Fsp3) is 0.273. The molecule has 0 amide bonds. The maximum absolute atomic E-state index is 12.2. The number of nitrogens with zero attached hydrogens (tertiary/aromatic N) is 1. The average Bonchev–Trinajstić information content (AvgIpc) is 3.02. The molecule has 0 aliphatic carbocycles. The molecule has 2 aromatic rings. The Morgan fingerprint density at radius 1 is 1.38 bits per heavy atom. The van der Waals surface area contributed by atoms with Crippen LogP contribution in [0.2, 0.25) is 0 Å². The molecule has 114 valence electrons. The Morgan fingerprint density at radius 3 is 2.57 bits per heavy atom. The molecule has 0 aliphatic rings. The van der Waals surface area contributed by atoms with Gasteiger partial charge in [-0.15, -0.1) is 0 Å². The predicted molar refractivity (Wildman–Crippen MR) is 83.6 cm³/mol. The minimum Gasteiger partial charge on any atom is -0.374 e. The summed E-state index contributed by atoms with van der Waals surface area (Å²) < 4.78 is 26.8. The van der Waals surface area contributed by atoms with E-state index in [1.54, 1.807) is 0 Å². The van der Waals surface area contributed by atoms with Gasteiger partial charge in [0.05, 0.1) is 4.92 Å². The largest absolute Gasteiger partial charge is 0.374 e. The minimum atomic E-state index is -3.77. The molecule has 0 aliphatic heterocycles. The fourth-order valence-corrected chi connectivity index (χ4v) is 4.81. The molecule has 2 aromatic heterocycles. The van der Waals surface area contributed by atoms with Gasteiger partial charge in [0, 0.05) is 19.7 Å². The average molecular weight is 347 g/mol. The Balaban J connectivity index is 2.23. The molecule has 0 atom stereocenters. The maximum Gasteiger partial charge on any atom is 0.304 e. The zero-order valence-corrected chi connectivity index (χ0v) is 13.7. The van der Waals surface area contributed by atoms with E-state index < -0.39 is 14.9 Å². The van der Waals surface area contributed by atoms with E-state index in [1.165, 1.54) is 18.4 Å². The van der Waals surface area contributed by atoms with Gasteiger partial charge < -0.3 is 5.32 Å². The lowest BCUT2D eigenvalue weighted by Crippen LogP contribution is -2.22. The van der Waals surface area contributed by atoms with Crippen LogP contribution in [0, 0.1) is 17.0 Å². The summed E-state index contributed by atoms with van der Waals surface area (Å²) in [4.78, 5) is 10.3. The Bertz CT molecular complexity index is 764. The van der Waals surface area contributed by atoms with Gasteiger partial charge in [0.2, 0.25) is 0 Å². The summed E-state index contributed by atoms with van der Waals surface area (Å²) in [6, 6.07) is 1.07. The van der Waals surface area contributed by atoms with Crippen molar-refractivity contribution in [2.45, 2.75) is 17.7 Å². The van der Waals surface area contributed by atoms with E-state index in [1.807, 2.05) is 17.7 Å². The lowest BCUT2D eigenvalue weighted by atomic mass is 10.2. The molecule has 10 heteroatoms. The first-order valence-electron chi connectivity index (χ1n) is 5.82. The maximum atomic E-state index is 12.2. The minimum absolute atomic E-state index is 0.0774. The highest BCUT2D eigenvalue weighted by atomic mass is 32.2. The number of nitro groups is 1. The number of anilines is 1. The summed E-state index contributed by atoms with van der Waals surface area (Å²) in [5.41, 5.74) is 1.66. The van der Waals surface area contributed by atoms with Gasteiger partial charge in [0.25, 0.3) is 10.0 Å². The molecule has 21 heavy (non-hydrogen) atoms. The first kappa shape index (κ1) is 15.9. The summed E-state index contributed by atoms with van der Waals surface area (Å²) >= 11 is 2.33. The second-order valence-corrected chi connectivity index (χ2v) is 7.98. The Morgan fingerprint density at radius 2 is 2.10 bits per heavy atom. The van der Waals surface area contributed by atoms with Crippen molar-refractivity contribution >= 4 is 43.4 Å². The normalized spacial score (nSPS) is 11.5. The van der Waals surface area contributed by atoms with Crippen LogP contribution in [-0.2, 0) is 16.6 Å². The van der Waals surface area contributed by atoms with Crippen molar-refractivity contribution < 1.29 is 13.3 Å². The van der Waals surface area contributed by atoms with Gasteiger partial charge in [0.1, 0.15) is 4.21 Å². The van der Waals surface area contributed by atoms with Crippen LogP contribution in [0.4, 0.5) is 10.7 Å². The Labute approximate surface area is 129 Å². The summed E-state index contributed by atoms with van der Waals surface area (Å²) in [5, 5.41) is 17.5. The van der Waals surface area contributed by atoms with Crippen molar-refractivity contribution in [2.24, 2.45) is 0 Å². The lowest BCUT2D eigenvalue weighted by Gasteiger charge is -2.03. The van der Waals surface area contributed by atoms with Gasteiger partial charge in [-0.3, -0.25) is 10.1 Å². The van der Waals surface area contributed by atoms with E-state index in [2.05, 4.69) is 10.0 Å². The van der Waals surface area contributed by atoms with Crippen molar-refractivity contribution in [3.05, 3.63) is 38.1 Å². The van der Waals surface area contributed by atoms with E-state index in [9.17, 15) is 18.5 Å². The van der Waals surface area contributed by atoms with E-state index >= 15 is 0 Å². The number of hydrogen-bond acceptors (Lipinski definition) is 7. The molecule has 0 bridgehead atoms. The van der Waals surface area contributed by atoms with E-state index in [0.29, 0.717) is 0 Å². The number of thiophene rings is 2. The van der Waals surface area contributed by atoms with E-state index in [4.69, 9.17) is 0 Å². The zero-order valence-electron chi connectivity index (χ0n) is 11.2. The Hall–Kier alpha value is -1.49. The zero-order chi connectivity index (χ0) is 15.6. The second kappa shape index (κ2) is 6.10. The summed E-state index contributed by atoms with van der Waals surface area (Å²) in [5.74, 6) is 0. The van der Waals surface area contributed by atoms with Crippen LogP contribution < -0.4 is 10.0 Å². The number of aryl methyl sites for hydroxylation is 1. The van der Waals surface area contributed by atoms with Crippen LogP contribution >= 0.6 is 22.7 Å². The number of nitrogens with one attached hydrogen (secondary N) is 2. The molecule has 0 radical (unpaired) electrons. The summed E-state index contributed by atoms with van der Waals surface area (Å²) in [6.07, 6.45) is 0. The molecular formula is C11H13N3O4S3. The van der Waals surface area contributed by atoms with Crippen LogP contribution in [-0.4, -0.2) is 20.4 Å². The van der Waals surface area contributed by atoms with E-state index in [-0.39, 0.29) is 21.4 Å². The molecule has 7 nitrogen and oxygen atoms in total. The monoisotopic (exact) mass is 347 g/mol. The summed E-state index contributed by atoms with van der Waals surface area (Å²) in [6.45, 7) is 2.06. The van der Waals surface area contributed by atoms with Gasteiger partial charge in [0.15, 0.2) is 5.00 Å². The predicted octanol–water partition coefficient (Wildman–Crippen LogP) is 2.55. The van der Waals surface area contributed by atoms with Crippen molar-refractivity contribution in [1.29, 1.82) is 0 Å². The summed E-state index contributed by atoms with van der Waals surface area (Å²) in [7, 11) is -2.26. The van der Waals surface area contributed by atoms with Crippen LogP contribution in [0.15, 0.2) is 21.0 Å². The SMILES string of the molecule is CNc1sc(S(=O)(=O)NCc2cscc2C)cc1[N+](=O)[O-]. The molecule has 2 heterocycles. The second-order valence-electron chi connectivity index (χ2n) is 4.19. The standard InChI is InChI=1S/C11H13N3O4S3/c1-7-5-19-6-8(7)4-13-21(17,18)10-3-9(14(15)16)11(12-2)20-10/h3,5-6,12-13H,4H2,1-2H3. The topological polar surface area (TPSA) is 101 Å². The van der Waals surface area contributed by atoms with Gasteiger partial charge in [-0.1, -0.05) is 11.3 Å². The molecule has 2 N–H and O–H groups in total. The highest BCUT2D eigenvalue weighted by molar-refractivity contribution is 7.91. The first-order valence-corrected chi connectivity index (χ1v) is 9.06. The number of sulfonamides is 1.